The molecule has 0 saturated heterocycles. The number of rotatable bonds is 6. The Morgan fingerprint density at radius 2 is 1.85 bits per heavy atom. The summed E-state index contributed by atoms with van der Waals surface area (Å²) in [5.74, 6) is -1.04. The van der Waals surface area contributed by atoms with Crippen LogP contribution in [0.5, 0.6) is 11.8 Å². The quantitative estimate of drug-likeness (QED) is 0.811. The van der Waals surface area contributed by atoms with Gasteiger partial charge in [0, 0.05) is 0 Å². The largest absolute Gasteiger partial charge is 0.477 e. The second-order valence-electron chi connectivity index (χ2n) is 4.49. The van der Waals surface area contributed by atoms with Crippen LogP contribution < -0.4 is 14.8 Å². The number of halogens is 3. The lowest BCUT2D eigenvalue weighted by molar-refractivity contribution is -0.140. The van der Waals surface area contributed by atoms with E-state index in [1.54, 1.807) is 13.8 Å². The average Bonchev–Trinajstić information content (AvgIpc) is 2.99. The fourth-order valence-corrected chi connectivity index (χ4v) is 2.62. The van der Waals surface area contributed by atoms with Gasteiger partial charge in [0.1, 0.15) is 17.3 Å². The van der Waals surface area contributed by atoms with E-state index in [0.717, 1.165) is 6.33 Å². The summed E-state index contributed by atoms with van der Waals surface area (Å²) < 4.78 is 49.1. The Balaban J connectivity index is 2.39. The zero-order chi connectivity index (χ0) is 19.3. The molecule has 0 atom stereocenters. The van der Waals surface area contributed by atoms with Crippen molar-refractivity contribution in [2.45, 2.75) is 20.0 Å². The molecular weight excluding hydrogens is 375 g/mol. The van der Waals surface area contributed by atoms with Crippen LogP contribution in [-0.2, 0) is 6.18 Å². The number of thiazole rings is 1. The van der Waals surface area contributed by atoms with Crippen LogP contribution in [0.4, 0.5) is 18.3 Å². The summed E-state index contributed by atoms with van der Waals surface area (Å²) in [5, 5.41) is 10.6. The Bertz CT molecular complexity index is 823. The molecule has 0 radical (unpaired) electrons. The molecule has 0 aliphatic heterocycles. The number of nitriles is 1. The van der Waals surface area contributed by atoms with E-state index >= 15 is 0 Å². The number of nitrogens with one attached hydrogen (secondary N) is 1. The molecule has 8 nitrogen and oxygen atoms in total. The molecule has 0 saturated carbocycles. The lowest BCUT2D eigenvalue weighted by Crippen LogP contribution is -2.17. The number of aromatic nitrogens is 3. The molecule has 2 aromatic rings. The smallest absolute Gasteiger partial charge is 0.435 e. The third kappa shape index (κ3) is 4.17. The first-order valence-corrected chi connectivity index (χ1v) is 8.03. The molecule has 1 N–H and O–H groups in total. The summed E-state index contributed by atoms with van der Waals surface area (Å²) in [7, 11) is 0. The van der Waals surface area contributed by atoms with Gasteiger partial charge in [0.25, 0.3) is 5.91 Å². The molecule has 26 heavy (non-hydrogen) atoms. The Morgan fingerprint density at radius 3 is 2.27 bits per heavy atom. The van der Waals surface area contributed by atoms with Gasteiger partial charge in [-0.05, 0) is 13.8 Å². The summed E-state index contributed by atoms with van der Waals surface area (Å²) in [5.41, 5.74) is -1.54. The van der Waals surface area contributed by atoms with Crippen LogP contribution in [0.3, 0.4) is 0 Å². The highest BCUT2D eigenvalue weighted by Gasteiger charge is 2.38. The van der Waals surface area contributed by atoms with Crippen molar-refractivity contribution in [3.63, 3.8) is 0 Å². The summed E-state index contributed by atoms with van der Waals surface area (Å²) >= 11 is 0.401. The monoisotopic (exact) mass is 387 g/mol. The second kappa shape index (κ2) is 7.96. The summed E-state index contributed by atoms with van der Waals surface area (Å²) in [6.07, 6.45) is -3.68. The molecule has 0 aromatic carbocycles. The number of anilines is 1. The number of hydrogen-bond donors (Lipinski definition) is 1. The van der Waals surface area contributed by atoms with Gasteiger partial charge in [0.15, 0.2) is 16.4 Å². The van der Waals surface area contributed by atoms with Gasteiger partial charge >= 0.3 is 6.18 Å². The number of hydrogen-bond acceptors (Lipinski definition) is 8. The maximum absolute atomic E-state index is 12.9. The van der Waals surface area contributed by atoms with Crippen LogP contribution in [-0.4, -0.2) is 34.1 Å². The third-order valence-electron chi connectivity index (χ3n) is 2.78. The average molecular weight is 387 g/mol. The standard InChI is InChI=1S/C14H12F3N5O3S/c1-3-24-11-8(12(25-4-2)20-6-19-11)10(23)22-13-21-9(14(15,16)17)7(5-18)26-13/h6H,3-4H2,1-2H3,(H,21,22,23). The molecule has 12 heteroatoms. The topological polar surface area (TPSA) is 110 Å². The molecule has 0 fully saturated rings. The van der Waals surface area contributed by atoms with Crippen molar-refractivity contribution in [1.82, 2.24) is 15.0 Å². The van der Waals surface area contributed by atoms with Crippen molar-refractivity contribution >= 4 is 22.4 Å². The number of ether oxygens (including phenoxy) is 2. The van der Waals surface area contributed by atoms with Crippen LogP contribution in [0.15, 0.2) is 6.33 Å². The first-order chi connectivity index (χ1) is 12.3. The fourth-order valence-electron chi connectivity index (χ4n) is 1.84. The zero-order valence-corrected chi connectivity index (χ0v) is 14.4. The second-order valence-corrected chi connectivity index (χ2v) is 5.48. The van der Waals surface area contributed by atoms with E-state index in [1.165, 1.54) is 6.07 Å². The molecule has 2 rings (SSSR count). The number of alkyl halides is 3. The normalized spacial score (nSPS) is 10.9. The molecule has 0 unspecified atom stereocenters. The maximum atomic E-state index is 12.9. The number of carbonyl (C=O) groups excluding carboxylic acids is 1. The van der Waals surface area contributed by atoms with Gasteiger partial charge < -0.3 is 9.47 Å². The number of carbonyl (C=O) groups is 1. The van der Waals surface area contributed by atoms with E-state index in [9.17, 15) is 18.0 Å². The predicted molar refractivity (Wildman–Crippen MR) is 84.2 cm³/mol. The first kappa shape index (κ1) is 19.4. The van der Waals surface area contributed by atoms with Crippen molar-refractivity contribution in [1.29, 1.82) is 5.26 Å². The summed E-state index contributed by atoms with van der Waals surface area (Å²) in [4.78, 5) is 22.8. The van der Waals surface area contributed by atoms with E-state index in [0.29, 0.717) is 11.3 Å². The van der Waals surface area contributed by atoms with Gasteiger partial charge in [0.05, 0.1) is 13.2 Å². The van der Waals surface area contributed by atoms with Gasteiger partial charge in [0.2, 0.25) is 11.8 Å². The molecule has 2 aromatic heterocycles. The van der Waals surface area contributed by atoms with Gasteiger partial charge in [-0.2, -0.15) is 18.4 Å². The SMILES string of the molecule is CCOc1ncnc(OCC)c1C(=O)Nc1nc(C(F)(F)F)c(C#N)s1. The zero-order valence-electron chi connectivity index (χ0n) is 13.5. The minimum atomic E-state index is -4.81. The van der Waals surface area contributed by atoms with E-state index < -0.39 is 27.8 Å². The third-order valence-corrected chi connectivity index (χ3v) is 3.66. The lowest BCUT2D eigenvalue weighted by Gasteiger charge is -2.12. The van der Waals surface area contributed by atoms with E-state index in [4.69, 9.17) is 14.7 Å². The minimum Gasteiger partial charge on any atom is -0.477 e. The van der Waals surface area contributed by atoms with Crippen molar-refractivity contribution < 1.29 is 27.4 Å². The molecule has 0 aliphatic carbocycles. The Hall–Kier alpha value is -2.94. The van der Waals surface area contributed by atoms with Crippen LogP contribution in [0.1, 0.15) is 34.8 Å². The summed E-state index contributed by atoms with van der Waals surface area (Å²) in [6, 6.07) is 1.41. The van der Waals surface area contributed by atoms with Crippen molar-refractivity contribution in [2.75, 3.05) is 18.5 Å². The van der Waals surface area contributed by atoms with Gasteiger partial charge in [-0.15, -0.1) is 0 Å². The minimum absolute atomic E-state index is 0.0865. The number of nitrogens with zero attached hydrogens (tertiary/aromatic N) is 4. The molecule has 138 valence electrons. The highest BCUT2D eigenvalue weighted by Crippen LogP contribution is 2.36. The Kier molecular flexibility index (Phi) is 5.93. The molecule has 2 heterocycles. The van der Waals surface area contributed by atoms with E-state index in [1.807, 2.05) is 0 Å². The molecule has 1 amide bonds. The van der Waals surface area contributed by atoms with Gasteiger partial charge in [-0.1, -0.05) is 11.3 Å². The van der Waals surface area contributed by atoms with Crippen molar-refractivity contribution in [2.24, 2.45) is 0 Å². The molecule has 0 bridgehead atoms. The van der Waals surface area contributed by atoms with Crippen molar-refractivity contribution in [3.05, 3.63) is 22.5 Å². The maximum Gasteiger partial charge on any atom is 0.435 e. The summed E-state index contributed by atoms with van der Waals surface area (Å²) in [6.45, 7) is 3.72. The highest BCUT2D eigenvalue weighted by atomic mass is 32.1. The number of amides is 1. The Labute approximate surface area is 149 Å². The highest BCUT2D eigenvalue weighted by molar-refractivity contribution is 7.16. The van der Waals surface area contributed by atoms with Crippen LogP contribution in [0, 0.1) is 11.3 Å². The van der Waals surface area contributed by atoms with Crippen molar-refractivity contribution in [3.8, 4) is 17.8 Å². The fraction of sp³-hybridized carbons (Fsp3) is 0.357. The predicted octanol–water partition coefficient (Wildman–Crippen LogP) is 2.87. The van der Waals surface area contributed by atoms with Crippen LogP contribution >= 0.6 is 11.3 Å². The molecule has 0 spiro atoms. The lowest BCUT2D eigenvalue weighted by atomic mass is 10.3. The molecular formula is C14H12F3N5O3S. The van der Waals surface area contributed by atoms with Gasteiger partial charge in [-0.25, -0.2) is 15.0 Å². The van der Waals surface area contributed by atoms with E-state index in [2.05, 4.69) is 20.3 Å². The Morgan fingerprint density at radius 1 is 1.27 bits per heavy atom. The van der Waals surface area contributed by atoms with Crippen LogP contribution in [0.2, 0.25) is 0 Å². The van der Waals surface area contributed by atoms with E-state index in [-0.39, 0.29) is 30.5 Å². The van der Waals surface area contributed by atoms with Crippen LogP contribution in [0.25, 0.3) is 0 Å². The first-order valence-electron chi connectivity index (χ1n) is 7.21. The molecule has 0 aliphatic rings. The van der Waals surface area contributed by atoms with Gasteiger partial charge in [-0.3, -0.25) is 10.1 Å².